The Kier molecular flexibility index (Phi) is 7.24. The van der Waals surface area contributed by atoms with E-state index in [0.717, 1.165) is 11.8 Å². The van der Waals surface area contributed by atoms with E-state index in [1.807, 2.05) is 0 Å². The summed E-state index contributed by atoms with van der Waals surface area (Å²) >= 11 is 7.18. The predicted molar refractivity (Wildman–Crippen MR) is 131 cm³/mol. The predicted octanol–water partition coefficient (Wildman–Crippen LogP) is 4.03. The van der Waals surface area contributed by atoms with E-state index < -0.39 is 17.6 Å². The van der Waals surface area contributed by atoms with Crippen LogP contribution in [-0.4, -0.2) is 33.7 Å². The molecule has 172 valence electrons. The monoisotopic (exact) mass is 496 g/mol. The van der Waals surface area contributed by atoms with Crippen molar-refractivity contribution in [1.82, 2.24) is 14.9 Å². The van der Waals surface area contributed by atoms with Gasteiger partial charge in [0.2, 0.25) is 11.8 Å². The van der Waals surface area contributed by atoms with Crippen LogP contribution in [0.5, 0.6) is 0 Å². The third-order valence-corrected chi connectivity index (χ3v) is 5.89. The molecule has 0 unspecified atom stereocenters. The second-order valence-corrected chi connectivity index (χ2v) is 8.53. The van der Waals surface area contributed by atoms with Crippen molar-refractivity contribution < 1.29 is 14.0 Å². The third kappa shape index (κ3) is 5.62. The van der Waals surface area contributed by atoms with Crippen molar-refractivity contribution in [2.24, 2.45) is 0 Å². The van der Waals surface area contributed by atoms with Gasteiger partial charge in [-0.1, -0.05) is 41.6 Å². The van der Waals surface area contributed by atoms with Crippen LogP contribution >= 0.6 is 23.4 Å². The van der Waals surface area contributed by atoms with E-state index in [1.165, 1.54) is 28.8 Å². The molecule has 2 amide bonds. The maximum absolute atomic E-state index is 13.2. The number of carbonyl (C=O) groups excluding carboxylic acids is 2. The van der Waals surface area contributed by atoms with Crippen LogP contribution in [0.25, 0.3) is 16.6 Å². The molecule has 0 saturated carbocycles. The Morgan fingerprint density at radius 2 is 1.76 bits per heavy atom. The van der Waals surface area contributed by atoms with Crippen molar-refractivity contribution >= 4 is 51.8 Å². The zero-order valence-corrected chi connectivity index (χ0v) is 19.2. The van der Waals surface area contributed by atoms with Crippen molar-refractivity contribution in [3.63, 3.8) is 0 Å². The van der Waals surface area contributed by atoms with E-state index in [-0.39, 0.29) is 17.9 Å². The number of thioether (sulfide) groups is 1. The van der Waals surface area contributed by atoms with Crippen LogP contribution in [0, 0.1) is 5.82 Å². The van der Waals surface area contributed by atoms with Gasteiger partial charge in [0.15, 0.2) is 5.16 Å². The molecule has 0 spiro atoms. The van der Waals surface area contributed by atoms with Crippen molar-refractivity contribution in [1.29, 1.82) is 0 Å². The Labute approximate surface area is 203 Å². The molecule has 0 aliphatic carbocycles. The van der Waals surface area contributed by atoms with Crippen molar-refractivity contribution in [2.75, 3.05) is 17.6 Å². The molecule has 0 atom stereocenters. The summed E-state index contributed by atoms with van der Waals surface area (Å²) in [5.74, 6) is -1.36. The number of amides is 2. The first-order valence-corrected chi connectivity index (χ1v) is 11.5. The molecule has 0 radical (unpaired) electrons. The highest BCUT2D eigenvalue weighted by atomic mass is 35.5. The molecule has 7 nitrogen and oxygen atoms in total. The van der Waals surface area contributed by atoms with Gasteiger partial charge in [0, 0.05) is 10.7 Å². The largest absolute Gasteiger partial charge is 0.346 e. The quantitative estimate of drug-likeness (QED) is 0.298. The van der Waals surface area contributed by atoms with E-state index in [1.54, 1.807) is 48.5 Å². The Morgan fingerprint density at radius 1 is 1.00 bits per heavy atom. The summed E-state index contributed by atoms with van der Waals surface area (Å²) in [6.45, 7) is -0.261. The SMILES string of the molecule is O=C(CSc1nc2ccccc2c(=O)n1-c1cccc(Cl)c1)NCC(=O)Nc1ccc(F)cc1. The van der Waals surface area contributed by atoms with Gasteiger partial charge in [0.25, 0.3) is 5.56 Å². The molecule has 34 heavy (non-hydrogen) atoms. The summed E-state index contributed by atoms with van der Waals surface area (Å²) in [7, 11) is 0. The summed E-state index contributed by atoms with van der Waals surface area (Å²) in [5.41, 5.74) is 1.17. The van der Waals surface area contributed by atoms with Crippen LogP contribution in [0.1, 0.15) is 0 Å². The number of para-hydroxylation sites is 1. The second kappa shape index (κ2) is 10.5. The van der Waals surface area contributed by atoms with Crippen LogP contribution in [0.3, 0.4) is 0 Å². The average molecular weight is 497 g/mol. The first-order chi connectivity index (χ1) is 16.4. The van der Waals surface area contributed by atoms with E-state index in [4.69, 9.17) is 11.6 Å². The number of benzene rings is 3. The van der Waals surface area contributed by atoms with E-state index in [9.17, 15) is 18.8 Å². The lowest BCUT2D eigenvalue weighted by atomic mass is 10.2. The Morgan fingerprint density at radius 3 is 2.53 bits per heavy atom. The van der Waals surface area contributed by atoms with Crippen molar-refractivity contribution in [3.05, 3.63) is 94.0 Å². The maximum atomic E-state index is 13.2. The van der Waals surface area contributed by atoms with Crippen molar-refractivity contribution in [2.45, 2.75) is 5.16 Å². The number of hydrogen-bond donors (Lipinski definition) is 2. The van der Waals surface area contributed by atoms with Gasteiger partial charge in [-0.3, -0.25) is 19.0 Å². The fourth-order valence-corrected chi connectivity index (χ4v) is 4.18. The normalized spacial score (nSPS) is 10.8. The minimum atomic E-state index is -0.454. The molecule has 0 aliphatic heterocycles. The van der Waals surface area contributed by atoms with E-state index in [2.05, 4.69) is 15.6 Å². The Hall–Kier alpha value is -3.69. The van der Waals surface area contributed by atoms with Crippen LogP contribution in [0.4, 0.5) is 10.1 Å². The Balaban J connectivity index is 1.47. The van der Waals surface area contributed by atoms with E-state index in [0.29, 0.717) is 32.5 Å². The number of nitrogens with zero attached hydrogens (tertiary/aromatic N) is 2. The standard InChI is InChI=1S/C24H18ClFN4O3S/c25-15-4-3-5-18(12-15)30-23(33)19-6-1-2-7-20(19)29-24(30)34-14-22(32)27-13-21(31)28-17-10-8-16(26)9-11-17/h1-12H,13-14H2,(H,27,32)(H,28,31). The minimum absolute atomic E-state index is 0.0742. The fourth-order valence-electron chi connectivity index (χ4n) is 3.15. The summed E-state index contributed by atoms with van der Waals surface area (Å²) in [5, 5.41) is 6.30. The highest BCUT2D eigenvalue weighted by Crippen LogP contribution is 2.22. The molecular weight excluding hydrogens is 479 g/mol. The molecular formula is C24H18ClFN4O3S. The van der Waals surface area contributed by atoms with Gasteiger partial charge in [-0.15, -0.1) is 0 Å². The first-order valence-electron chi connectivity index (χ1n) is 10.1. The smallest absolute Gasteiger partial charge is 0.266 e. The van der Waals surface area contributed by atoms with Crippen LogP contribution in [-0.2, 0) is 9.59 Å². The first kappa shape index (κ1) is 23.5. The summed E-state index contributed by atoms with van der Waals surface area (Å²) in [6.07, 6.45) is 0. The lowest BCUT2D eigenvalue weighted by Gasteiger charge is -2.13. The second-order valence-electron chi connectivity index (χ2n) is 7.15. The number of nitrogens with one attached hydrogen (secondary N) is 2. The summed E-state index contributed by atoms with van der Waals surface area (Å²) < 4.78 is 14.4. The topological polar surface area (TPSA) is 93.1 Å². The highest BCUT2D eigenvalue weighted by molar-refractivity contribution is 7.99. The number of rotatable bonds is 7. The molecule has 10 heteroatoms. The molecule has 2 N–H and O–H groups in total. The molecule has 4 rings (SSSR count). The number of hydrogen-bond acceptors (Lipinski definition) is 5. The van der Waals surface area contributed by atoms with Gasteiger partial charge < -0.3 is 10.6 Å². The van der Waals surface area contributed by atoms with Gasteiger partial charge in [0.05, 0.1) is 28.9 Å². The molecule has 4 aromatic rings. The van der Waals surface area contributed by atoms with Gasteiger partial charge in [-0.2, -0.15) is 0 Å². The molecule has 0 fully saturated rings. The number of aromatic nitrogens is 2. The molecule has 0 bridgehead atoms. The average Bonchev–Trinajstić information content (AvgIpc) is 2.83. The van der Waals surface area contributed by atoms with Crippen LogP contribution in [0.2, 0.25) is 5.02 Å². The number of anilines is 1. The van der Waals surface area contributed by atoms with Gasteiger partial charge in [-0.05, 0) is 54.6 Å². The van der Waals surface area contributed by atoms with Crippen LogP contribution in [0.15, 0.2) is 82.7 Å². The fraction of sp³-hybridized carbons (Fsp3) is 0.0833. The number of carbonyl (C=O) groups is 2. The summed E-state index contributed by atoms with van der Waals surface area (Å²) in [6, 6.07) is 19.0. The van der Waals surface area contributed by atoms with Gasteiger partial charge in [-0.25, -0.2) is 9.37 Å². The molecule has 1 heterocycles. The van der Waals surface area contributed by atoms with Gasteiger partial charge in [0.1, 0.15) is 5.82 Å². The highest BCUT2D eigenvalue weighted by Gasteiger charge is 2.15. The molecule has 1 aromatic heterocycles. The zero-order chi connectivity index (χ0) is 24.1. The molecule has 3 aromatic carbocycles. The number of fused-ring (bicyclic) bond motifs is 1. The van der Waals surface area contributed by atoms with Gasteiger partial charge >= 0.3 is 0 Å². The molecule has 0 aliphatic rings. The zero-order valence-electron chi connectivity index (χ0n) is 17.6. The Bertz CT molecular complexity index is 1430. The minimum Gasteiger partial charge on any atom is -0.346 e. The van der Waals surface area contributed by atoms with E-state index >= 15 is 0 Å². The lowest BCUT2D eigenvalue weighted by molar-refractivity contribution is -0.122. The van der Waals surface area contributed by atoms with Crippen LogP contribution < -0.4 is 16.2 Å². The third-order valence-electron chi connectivity index (χ3n) is 4.72. The van der Waals surface area contributed by atoms with Crippen molar-refractivity contribution in [3.8, 4) is 5.69 Å². The summed E-state index contributed by atoms with van der Waals surface area (Å²) in [4.78, 5) is 42.2. The molecule has 0 saturated heterocycles. The lowest BCUT2D eigenvalue weighted by Crippen LogP contribution is -2.34. The maximum Gasteiger partial charge on any atom is 0.266 e. The number of halogens is 2.